The van der Waals surface area contributed by atoms with E-state index < -0.39 is 0 Å². The molecule has 0 N–H and O–H groups in total. The van der Waals surface area contributed by atoms with Gasteiger partial charge < -0.3 is 9.47 Å². The number of rotatable bonds is 7. The fourth-order valence-electron chi connectivity index (χ4n) is 1.83. The van der Waals surface area contributed by atoms with E-state index in [0.29, 0.717) is 13.2 Å². The summed E-state index contributed by atoms with van der Waals surface area (Å²) in [5.41, 5.74) is 2.28. The highest BCUT2D eigenvalue weighted by molar-refractivity contribution is 5.48. The topological polar surface area (TPSA) is 18.5 Å². The van der Waals surface area contributed by atoms with Crippen LogP contribution in [0.4, 0.5) is 0 Å². The molecule has 2 nitrogen and oxygen atoms in total. The predicted octanol–water partition coefficient (Wildman–Crippen LogP) is 4.65. The van der Waals surface area contributed by atoms with Crippen LogP contribution in [0.25, 0.3) is 6.08 Å². The van der Waals surface area contributed by atoms with Gasteiger partial charge in [0.25, 0.3) is 0 Å². The second kappa shape index (κ2) is 7.95. The maximum atomic E-state index is 5.62. The molecule has 0 aromatic heterocycles. The molecule has 0 unspecified atom stereocenters. The first-order valence-electron chi connectivity index (χ1n) is 6.98. The van der Waals surface area contributed by atoms with Gasteiger partial charge in [0.05, 0.1) is 0 Å². The van der Waals surface area contributed by atoms with Crippen LogP contribution in [0.2, 0.25) is 0 Å². The number of ether oxygens (including phenoxy) is 2. The molecule has 0 aliphatic heterocycles. The highest BCUT2D eigenvalue weighted by Gasteiger charge is 1.92. The van der Waals surface area contributed by atoms with Crippen LogP contribution in [0.3, 0.4) is 0 Å². The molecule has 0 fully saturated rings. The molecule has 0 amide bonds. The summed E-state index contributed by atoms with van der Waals surface area (Å²) in [5, 5.41) is 0. The van der Waals surface area contributed by atoms with E-state index in [9.17, 15) is 0 Å². The van der Waals surface area contributed by atoms with Crippen LogP contribution in [0.1, 0.15) is 11.1 Å². The Morgan fingerprint density at radius 2 is 1.57 bits per heavy atom. The van der Waals surface area contributed by atoms with Gasteiger partial charge in [0.1, 0.15) is 24.7 Å². The SMILES string of the molecule is C=Cc1ccc(OC/C=C/COc2cccc(C)c2)cc1. The average molecular weight is 280 g/mol. The quantitative estimate of drug-likeness (QED) is 0.687. The van der Waals surface area contributed by atoms with E-state index in [-0.39, 0.29) is 0 Å². The van der Waals surface area contributed by atoms with Crippen molar-refractivity contribution in [2.45, 2.75) is 6.92 Å². The van der Waals surface area contributed by atoms with E-state index in [0.717, 1.165) is 17.1 Å². The number of hydrogen-bond acceptors (Lipinski definition) is 2. The van der Waals surface area contributed by atoms with Crippen molar-refractivity contribution in [3.8, 4) is 11.5 Å². The van der Waals surface area contributed by atoms with Gasteiger partial charge in [0.15, 0.2) is 0 Å². The molecule has 0 saturated heterocycles. The smallest absolute Gasteiger partial charge is 0.120 e. The molecule has 108 valence electrons. The zero-order valence-corrected chi connectivity index (χ0v) is 12.3. The molecule has 2 aromatic carbocycles. The molecule has 2 rings (SSSR count). The minimum absolute atomic E-state index is 0.532. The Kier molecular flexibility index (Phi) is 5.65. The lowest BCUT2D eigenvalue weighted by atomic mass is 10.2. The maximum absolute atomic E-state index is 5.62. The van der Waals surface area contributed by atoms with Gasteiger partial charge >= 0.3 is 0 Å². The summed E-state index contributed by atoms with van der Waals surface area (Å²) in [5.74, 6) is 1.74. The standard InChI is InChI=1S/C19H20O2/c1-3-17-9-11-18(12-10-17)20-13-4-5-14-21-19-8-6-7-16(2)15-19/h3-12,15H,1,13-14H2,2H3/b5-4+. The van der Waals surface area contributed by atoms with Gasteiger partial charge in [-0.05, 0) is 54.5 Å². The highest BCUT2D eigenvalue weighted by Crippen LogP contribution is 2.13. The van der Waals surface area contributed by atoms with E-state index in [1.165, 1.54) is 5.56 Å². The van der Waals surface area contributed by atoms with Gasteiger partial charge in [0, 0.05) is 0 Å². The Labute approximate surface area is 126 Å². The van der Waals surface area contributed by atoms with Crippen LogP contribution in [0, 0.1) is 6.92 Å². The molecule has 0 spiro atoms. The zero-order valence-electron chi connectivity index (χ0n) is 12.3. The summed E-state index contributed by atoms with van der Waals surface area (Å²) in [4.78, 5) is 0. The summed E-state index contributed by atoms with van der Waals surface area (Å²) < 4.78 is 11.2. The lowest BCUT2D eigenvalue weighted by molar-refractivity contribution is 0.350. The van der Waals surface area contributed by atoms with Crippen molar-refractivity contribution < 1.29 is 9.47 Å². The van der Waals surface area contributed by atoms with E-state index in [1.807, 2.05) is 73.7 Å². The van der Waals surface area contributed by atoms with Gasteiger partial charge in [-0.2, -0.15) is 0 Å². The third-order valence-electron chi connectivity index (χ3n) is 2.96. The zero-order chi connectivity index (χ0) is 14.9. The third kappa shape index (κ3) is 5.19. The van der Waals surface area contributed by atoms with Gasteiger partial charge in [0.2, 0.25) is 0 Å². The van der Waals surface area contributed by atoms with Gasteiger partial charge in [-0.25, -0.2) is 0 Å². The van der Waals surface area contributed by atoms with Crippen molar-refractivity contribution in [3.05, 3.63) is 78.4 Å². The van der Waals surface area contributed by atoms with Crippen molar-refractivity contribution in [3.63, 3.8) is 0 Å². The molecule has 0 aliphatic rings. The normalized spacial score (nSPS) is 10.5. The van der Waals surface area contributed by atoms with E-state index in [2.05, 4.69) is 6.58 Å². The molecule has 21 heavy (non-hydrogen) atoms. The van der Waals surface area contributed by atoms with Crippen molar-refractivity contribution in [1.82, 2.24) is 0 Å². The van der Waals surface area contributed by atoms with Gasteiger partial charge in [-0.1, -0.05) is 36.9 Å². The van der Waals surface area contributed by atoms with Crippen LogP contribution in [0.15, 0.2) is 67.3 Å². The third-order valence-corrected chi connectivity index (χ3v) is 2.96. The fourth-order valence-corrected chi connectivity index (χ4v) is 1.83. The molecule has 0 heterocycles. The Morgan fingerprint density at radius 1 is 0.905 bits per heavy atom. The van der Waals surface area contributed by atoms with Crippen LogP contribution in [-0.2, 0) is 0 Å². The predicted molar refractivity (Wildman–Crippen MR) is 87.8 cm³/mol. The molecule has 0 radical (unpaired) electrons. The molecule has 0 saturated carbocycles. The van der Waals surface area contributed by atoms with Crippen LogP contribution >= 0.6 is 0 Å². The Morgan fingerprint density at radius 3 is 2.19 bits per heavy atom. The maximum Gasteiger partial charge on any atom is 0.120 e. The minimum Gasteiger partial charge on any atom is -0.490 e. The van der Waals surface area contributed by atoms with Crippen molar-refractivity contribution in [1.29, 1.82) is 0 Å². The lowest BCUT2D eigenvalue weighted by Crippen LogP contribution is -1.97. The highest BCUT2D eigenvalue weighted by atomic mass is 16.5. The number of aryl methyl sites for hydroxylation is 1. The summed E-state index contributed by atoms with van der Waals surface area (Å²) in [6.07, 6.45) is 5.73. The van der Waals surface area contributed by atoms with Crippen molar-refractivity contribution in [2.24, 2.45) is 0 Å². The van der Waals surface area contributed by atoms with Gasteiger partial charge in [-0.3, -0.25) is 0 Å². The Balaban J connectivity index is 1.69. The summed E-state index contributed by atoms with van der Waals surface area (Å²) >= 11 is 0. The lowest BCUT2D eigenvalue weighted by Gasteiger charge is -2.04. The molecule has 0 aliphatic carbocycles. The summed E-state index contributed by atoms with van der Waals surface area (Å²) in [7, 11) is 0. The molecule has 0 bridgehead atoms. The molecular formula is C19H20O2. The Bertz CT molecular complexity index is 597. The first-order chi connectivity index (χ1) is 10.3. The summed E-state index contributed by atoms with van der Waals surface area (Å²) in [6.45, 7) is 6.85. The largest absolute Gasteiger partial charge is 0.490 e. The van der Waals surface area contributed by atoms with Gasteiger partial charge in [-0.15, -0.1) is 0 Å². The fraction of sp³-hybridized carbons (Fsp3) is 0.158. The van der Waals surface area contributed by atoms with E-state index >= 15 is 0 Å². The number of hydrogen-bond donors (Lipinski definition) is 0. The minimum atomic E-state index is 0.532. The first-order valence-corrected chi connectivity index (χ1v) is 6.98. The van der Waals surface area contributed by atoms with Crippen molar-refractivity contribution in [2.75, 3.05) is 13.2 Å². The molecule has 2 aromatic rings. The average Bonchev–Trinajstić information content (AvgIpc) is 2.51. The second-order valence-electron chi connectivity index (χ2n) is 4.68. The van der Waals surface area contributed by atoms with E-state index in [4.69, 9.17) is 9.47 Å². The number of benzene rings is 2. The van der Waals surface area contributed by atoms with Crippen LogP contribution in [-0.4, -0.2) is 13.2 Å². The van der Waals surface area contributed by atoms with Crippen LogP contribution in [0.5, 0.6) is 11.5 Å². The molecular weight excluding hydrogens is 260 g/mol. The molecule has 0 atom stereocenters. The van der Waals surface area contributed by atoms with Crippen LogP contribution < -0.4 is 9.47 Å². The van der Waals surface area contributed by atoms with Crippen molar-refractivity contribution >= 4 is 6.08 Å². The molecule has 2 heteroatoms. The second-order valence-corrected chi connectivity index (χ2v) is 4.68. The Hall–Kier alpha value is -2.48. The monoisotopic (exact) mass is 280 g/mol. The van der Waals surface area contributed by atoms with E-state index in [1.54, 1.807) is 0 Å². The first kappa shape index (κ1) is 14.9. The summed E-state index contributed by atoms with van der Waals surface area (Å²) in [6, 6.07) is 15.9.